The predicted octanol–water partition coefficient (Wildman–Crippen LogP) is 2.81. The first-order valence-electron chi connectivity index (χ1n) is 7.33. The molecule has 0 atom stereocenters. The average molecular weight is 381 g/mol. The summed E-state index contributed by atoms with van der Waals surface area (Å²) in [6.45, 7) is 3.76. The topological polar surface area (TPSA) is 61.7 Å². The number of fused-ring (bicyclic) bond motifs is 1. The molecule has 0 radical (unpaired) electrons. The minimum atomic E-state index is -0.119. The second-order valence-electron chi connectivity index (χ2n) is 4.95. The van der Waals surface area contributed by atoms with Crippen LogP contribution in [0.4, 0.5) is 0 Å². The molecule has 1 aromatic heterocycles. The van der Waals surface area contributed by atoms with Gasteiger partial charge < -0.3 is 24.1 Å². The number of carbonyl (C=O) groups is 1. The van der Waals surface area contributed by atoms with Crippen LogP contribution >= 0.6 is 15.9 Å². The Balaban J connectivity index is 1.48. The fourth-order valence-electron chi connectivity index (χ4n) is 2.32. The maximum Gasteiger partial charge on any atom is 0.268 e. The van der Waals surface area contributed by atoms with Gasteiger partial charge in [-0.3, -0.25) is 4.79 Å². The van der Waals surface area contributed by atoms with Crippen molar-refractivity contribution < 1.29 is 19.0 Å². The van der Waals surface area contributed by atoms with Crippen LogP contribution in [0.2, 0.25) is 0 Å². The fourth-order valence-corrected chi connectivity index (χ4v) is 2.78. The van der Waals surface area contributed by atoms with Crippen LogP contribution in [0.1, 0.15) is 17.4 Å². The van der Waals surface area contributed by atoms with Crippen molar-refractivity contribution in [1.29, 1.82) is 0 Å². The lowest BCUT2D eigenvalue weighted by atomic mass is 10.3. The Morgan fingerprint density at radius 2 is 2.17 bits per heavy atom. The maximum absolute atomic E-state index is 12.2. The predicted molar refractivity (Wildman–Crippen MR) is 88.2 cm³/mol. The number of nitrogens with zero attached hydrogens (tertiary/aromatic N) is 1. The molecule has 7 heteroatoms. The molecule has 2 heterocycles. The highest BCUT2D eigenvalue weighted by Crippen LogP contribution is 2.34. The molecule has 0 fully saturated rings. The van der Waals surface area contributed by atoms with E-state index in [0.29, 0.717) is 30.3 Å². The molecule has 1 aromatic carbocycles. The van der Waals surface area contributed by atoms with Crippen molar-refractivity contribution in [2.24, 2.45) is 0 Å². The van der Waals surface area contributed by atoms with E-state index >= 15 is 0 Å². The summed E-state index contributed by atoms with van der Waals surface area (Å²) in [7, 11) is 0. The Labute approximate surface area is 142 Å². The van der Waals surface area contributed by atoms with Gasteiger partial charge in [-0.15, -0.1) is 0 Å². The van der Waals surface area contributed by atoms with Crippen molar-refractivity contribution in [3.8, 4) is 17.2 Å². The zero-order valence-corrected chi connectivity index (χ0v) is 14.3. The molecule has 0 aliphatic carbocycles. The zero-order valence-electron chi connectivity index (χ0n) is 12.7. The normalized spacial score (nSPS) is 12.3. The van der Waals surface area contributed by atoms with E-state index in [1.54, 1.807) is 12.1 Å². The number of ether oxygens (including phenoxy) is 3. The lowest BCUT2D eigenvalue weighted by molar-refractivity contribution is 0.0937. The van der Waals surface area contributed by atoms with Gasteiger partial charge in [0.25, 0.3) is 5.91 Å². The summed E-state index contributed by atoms with van der Waals surface area (Å²) in [5.41, 5.74) is 0.627. The Morgan fingerprint density at radius 3 is 3.00 bits per heavy atom. The minimum absolute atomic E-state index is 0.119. The molecule has 0 bridgehead atoms. The molecule has 0 saturated heterocycles. The first-order valence-corrected chi connectivity index (χ1v) is 8.13. The van der Waals surface area contributed by atoms with Gasteiger partial charge in [-0.2, -0.15) is 0 Å². The summed E-state index contributed by atoms with van der Waals surface area (Å²) in [6.07, 6.45) is 1.89. The van der Waals surface area contributed by atoms with Gasteiger partial charge in [-0.25, -0.2) is 0 Å². The molecule has 0 saturated carbocycles. The van der Waals surface area contributed by atoms with Crippen molar-refractivity contribution in [2.45, 2.75) is 13.5 Å². The van der Waals surface area contributed by atoms with Gasteiger partial charge >= 0.3 is 0 Å². The summed E-state index contributed by atoms with van der Waals surface area (Å²) in [5.74, 6) is 1.96. The molecule has 0 unspecified atom stereocenters. The van der Waals surface area contributed by atoms with E-state index in [4.69, 9.17) is 14.2 Å². The lowest BCUT2D eigenvalue weighted by Crippen LogP contribution is -2.29. The molecule has 1 N–H and O–H groups in total. The third kappa shape index (κ3) is 3.61. The summed E-state index contributed by atoms with van der Waals surface area (Å²) in [5, 5.41) is 2.85. The third-order valence-corrected chi connectivity index (χ3v) is 3.87. The van der Waals surface area contributed by atoms with E-state index in [0.717, 1.165) is 16.8 Å². The summed E-state index contributed by atoms with van der Waals surface area (Å²) in [6, 6.07) is 7.21. The van der Waals surface area contributed by atoms with Gasteiger partial charge in [0.15, 0.2) is 11.5 Å². The van der Waals surface area contributed by atoms with E-state index < -0.39 is 0 Å². The number of benzene rings is 1. The van der Waals surface area contributed by atoms with Crippen molar-refractivity contribution >= 4 is 21.8 Å². The highest BCUT2D eigenvalue weighted by molar-refractivity contribution is 9.10. The third-order valence-electron chi connectivity index (χ3n) is 3.44. The molecule has 1 aliphatic heterocycles. The first kappa shape index (κ1) is 15.7. The van der Waals surface area contributed by atoms with E-state index in [1.165, 1.54) is 0 Å². The number of halogens is 1. The quantitative estimate of drug-likeness (QED) is 0.782. The van der Waals surface area contributed by atoms with Crippen molar-refractivity contribution in [3.05, 3.63) is 40.6 Å². The van der Waals surface area contributed by atoms with E-state index in [-0.39, 0.29) is 12.7 Å². The van der Waals surface area contributed by atoms with Crippen molar-refractivity contribution in [3.63, 3.8) is 0 Å². The van der Waals surface area contributed by atoms with E-state index in [9.17, 15) is 4.79 Å². The van der Waals surface area contributed by atoms with Crippen LogP contribution in [0, 0.1) is 0 Å². The molecular weight excluding hydrogens is 364 g/mol. The van der Waals surface area contributed by atoms with Gasteiger partial charge in [0.2, 0.25) is 6.79 Å². The fraction of sp³-hybridized carbons (Fsp3) is 0.312. The zero-order chi connectivity index (χ0) is 16.2. The average Bonchev–Trinajstić information content (AvgIpc) is 3.16. The second kappa shape index (κ2) is 6.95. The standard InChI is InChI=1S/C16H17BrN2O4/c1-2-19-9-11(17)7-13(19)16(20)18-5-6-21-12-3-4-14-15(8-12)23-10-22-14/h3-4,7-9H,2,5-6,10H2,1H3,(H,18,20). The van der Waals surface area contributed by atoms with Gasteiger partial charge in [0, 0.05) is 23.3 Å². The smallest absolute Gasteiger partial charge is 0.268 e. The van der Waals surface area contributed by atoms with Crippen LogP contribution in [-0.4, -0.2) is 30.4 Å². The van der Waals surface area contributed by atoms with Crippen LogP contribution in [0.3, 0.4) is 0 Å². The number of nitrogens with one attached hydrogen (secondary N) is 1. The first-order chi connectivity index (χ1) is 11.2. The number of hydrogen-bond acceptors (Lipinski definition) is 4. The van der Waals surface area contributed by atoms with E-state index in [1.807, 2.05) is 29.8 Å². The van der Waals surface area contributed by atoms with Gasteiger partial charge in [0.1, 0.15) is 18.1 Å². The molecule has 6 nitrogen and oxygen atoms in total. The van der Waals surface area contributed by atoms with Crippen LogP contribution < -0.4 is 19.5 Å². The van der Waals surface area contributed by atoms with Crippen LogP contribution in [-0.2, 0) is 6.54 Å². The molecule has 23 heavy (non-hydrogen) atoms. The molecule has 0 spiro atoms. The number of amides is 1. The molecule has 122 valence electrons. The molecule has 2 aromatic rings. The highest BCUT2D eigenvalue weighted by Gasteiger charge is 2.14. The highest BCUT2D eigenvalue weighted by atomic mass is 79.9. The maximum atomic E-state index is 12.2. The van der Waals surface area contributed by atoms with Crippen LogP contribution in [0.15, 0.2) is 34.9 Å². The molecule has 3 rings (SSSR count). The van der Waals surface area contributed by atoms with Crippen molar-refractivity contribution in [1.82, 2.24) is 9.88 Å². The van der Waals surface area contributed by atoms with Crippen LogP contribution in [0.5, 0.6) is 17.2 Å². The molecular formula is C16H17BrN2O4. The van der Waals surface area contributed by atoms with E-state index in [2.05, 4.69) is 21.2 Å². The molecule has 1 aliphatic rings. The minimum Gasteiger partial charge on any atom is -0.492 e. The molecule has 1 amide bonds. The largest absolute Gasteiger partial charge is 0.492 e. The number of carbonyl (C=O) groups excluding carboxylic acids is 1. The van der Waals surface area contributed by atoms with Gasteiger partial charge in [-0.05, 0) is 41.1 Å². The Morgan fingerprint density at radius 1 is 1.35 bits per heavy atom. The Bertz CT molecular complexity index is 714. The van der Waals surface area contributed by atoms with Gasteiger partial charge in [-0.1, -0.05) is 0 Å². The SMILES string of the molecule is CCn1cc(Br)cc1C(=O)NCCOc1ccc2c(c1)OCO2. The number of rotatable bonds is 6. The monoisotopic (exact) mass is 380 g/mol. The Hall–Kier alpha value is -2.15. The Kier molecular flexibility index (Phi) is 4.76. The summed E-state index contributed by atoms with van der Waals surface area (Å²) >= 11 is 3.38. The summed E-state index contributed by atoms with van der Waals surface area (Å²) < 4.78 is 18.9. The second-order valence-corrected chi connectivity index (χ2v) is 5.86. The van der Waals surface area contributed by atoms with Crippen molar-refractivity contribution in [2.75, 3.05) is 19.9 Å². The van der Waals surface area contributed by atoms with Crippen LogP contribution in [0.25, 0.3) is 0 Å². The van der Waals surface area contributed by atoms with Gasteiger partial charge in [0.05, 0.1) is 6.54 Å². The number of hydrogen-bond donors (Lipinski definition) is 1. The number of aromatic nitrogens is 1. The summed E-state index contributed by atoms with van der Waals surface area (Å²) in [4.78, 5) is 12.2. The lowest BCUT2D eigenvalue weighted by Gasteiger charge is -2.09. The number of aryl methyl sites for hydroxylation is 1.